The molecule has 0 radical (unpaired) electrons. The van der Waals surface area contributed by atoms with Crippen molar-refractivity contribution in [2.45, 2.75) is 6.54 Å². The molecule has 0 spiro atoms. The Morgan fingerprint density at radius 2 is 1.86 bits per heavy atom. The molecule has 7 nitrogen and oxygen atoms in total. The Kier molecular flexibility index (Phi) is 3.04. The monoisotopic (exact) mass is 300 g/mol. The van der Waals surface area contributed by atoms with Gasteiger partial charge in [-0.2, -0.15) is 10.2 Å². The molecule has 22 heavy (non-hydrogen) atoms. The predicted octanol–water partition coefficient (Wildman–Crippen LogP) is 0.248. The van der Waals surface area contributed by atoms with Crippen molar-refractivity contribution in [2.75, 3.05) is 24.5 Å². The van der Waals surface area contributed by atoms with Gasteiger partial charge in [-0.1, -0.05) is 0 Å². The minimum Gasteiger partial charge on any atom is -0.309 e. The van der Waals surface area contributed by atoms with Crippen LogP contribution in [-0.4, -0.2) is 50.0 Å². The van der Waals surface area contributed by atoms with Gasteiger partial charge in [0.1, 0.15) is 0 Å². The fraction of sp³-hybridized carbons (Fsp3) is 0.533. The van der Waals surface area contributed by atoms with Crippen LogP contribution < -0.4 is 4.90 Å². The molecule has 2 aromatic heterocycles. The third-order valence-corrected chi connectivity index (χ3v) is 4.68. The van der Waals surface area contributed by atoms with Crippen LogP contribution in [0.15, 0.2) is 24.8 Å². The maximum Gasteiger partial charge on any atom is 0.231 e. The van der Waals surface area contributed by atoms with E-state index in [0.29, 0.717) is 5.92 Å². The van der Waals surface area contributed by atoms with E-state index in [1.54, 1.807) is 10.9 Å². The van der Waals surface area contributed by atoms with Gasteiger partial charge in [-0.3, -0.25) is 19.1 Å². The van der Waals surface area contributed by atoms with Gasteiger partial charge in [-0.05, 0) is 0 Å². The Hall–Kier alpha value is -2.15. The maximum absolute atomic E-state index is 12.6. The molecule has 2 aliphatic heterocycles. The molecule has 0 N–H and O–H groups in total. The molecule has 1 amide bonds. The van der Waals surface area contributed by atoms with E-state index in [0.717, 1.165) is 31.9 Å². The molecule has 7 heteroatoms. The zero-order valence-corrected chi connectivity index (χ0v) is 12.9. The van der Waals surface area contributed by atoms with E-state index in [2.05, 4.69) is 15.1 Å². The predicted molar refractivity (Wildman–Crippen MR) is 81.0 cm³/mol. The lowest BCUT2D eigenvalue weighted by Crippen LogP contribution is -2.32. The molecule has 0 unspecified atom stereocenters. The number of carbonyl (C=O) groups excluding carboxylic acids is 1. The highest BCUT2D eigenvalue weighted by molar-refractivity contribution is 5.97. The molecule has 2 aromatic rings. The highest BCUT2D eigenvalue weighted by Gasteiger charge is 2.46. The summed E-state index contributed by atoms with van der Waals surface area (Å²) in [6.07, 6.45) is 7.62. The van der Waals surface area contributed by atoms with Gasteiger partial charge < -0.3 is 4.90 Å². The molecule has 2 atom stereocenters. The van der Waals surface area contributed by atoms with Crippen LogP contribution in [0.5, 0.6) is 0 Å². The maximum atomic E-state index is 12.6. The Morgan fingerprint density at radius 3 is 2.50 bits per heavy atom. The number of aromatic nitrogens is 4. The van der Waals surface area contributed by atoms with Crippen LogP contribution in [0.25, 0.3) is 0 Å². The number of anilines is 1. The number of hydrogen-bond donors (Lipinski definition) is 0. The molecule has 2 saturated heterocycles. The minimum atomic E-state index is 0.122. The molecule has 0 aliphatic carbocycles. The van der Waals surface area contributed by atoms with Crippen LogP contribution in [0.3, 0.4) is 0 Å². The van der Waals surface area contributed by atoms with E-state index < -0.39 is 0 Å². The van der Waals surface area contributed by atoms with E-state index in [1.807, 2.05) is 42.3 Å². The lowest BCUT2D eigenvalue weighted by atomic mass is 10.0. The van der Waals surface area contributed by atoms with Crippen molar-refractivity contribution in [1.29, 1.82) is 0 Å². The molecule has 4 heterocycles. The second-order valence-corrected chi connectivity index (χ2v) is 6.40. The van der Waals surface area contributed by atoms with Gasteiger partial charge in [0.2, 0.25) is 5.91 Å². The molecule has 2 aliphatic rings. The van der Waals surface area contributed by atoms with Crippen molar-refractivity contribution in [3.05, 3.63) is 30.4 Å². The van der Waals surface area contributed by atoms with Crippen molar-refractivity contribution in [1.82, 2.24) is 24.5 Å². The lowest BCUT2D eigenvalue weighted by Gasteiger charge is -2.20. The molecule has 0 bridgehead atoms. The van der Waals surface area contributed by atoms with Gasteiger partial charge in [0.15, 0.2) is 0 Å². The van der Waals surface area contributed by atoms with Gasteiger partial charge in [-0.25, -0.2) is 0 Å². The summed E-state index contributed by atoms with van der Waals surface area (Å²) in [5, 5.41) is 8.37. The first-order chi connectivity index (χ1) is 10.6. The summed E-state index contributed by atoms with van der Waals surface area (Å²) in [5.74, 6) is 0.785. The summed E-state index contributed by atoms with van der Waals surface area (Å²) in [4.78, 5) is 16.9. The summed E-state index contributed by atoms with van der Waals surface area (Å²) in [6.45, 7) is 3.50. The highest BCUT2D eigenvalue weighted by atomic mass is 16.2. The summed E-state index contributed by atoms with van der Waals surface area (Å²) in [5.41, 5.74) is 2.12. The SMILES string of the molecule is Cn1cc(CN2C[C@@H]3CN(c4cnn(C)c4)C(=O)[C@@H]3C2)cn1. The van der Waals surface area contributed by atoms with Gasteiger partial charge in [0, 0.05) is 64.1 Å². The molecular weight excluding hydrogens is 280 g/mol. The number of hydrogen-bond acceptors (Lipinski definition) is 4. The average Bonchev–Trinajstić information content (AvgIpc) is 3.20. The fourth-order valence-electron chi connectivity index (χ4n) is 3.67. The van der Waals surface area contributed by atoms with Crippen LogP contribution in [0, 0.1) is 11.8 Å². The first-order valence-electron chi connectivity index (χ1n) is 7.60. The fourth-order valence-corrected chi connectivity index (χ4v) is 3.67. The van der Waals surface area contributed by atoms with Crippen LogP contribution in [-0.2, 0) is 25.4 Å². The average molecular weight is 300 g/mol. The highest BCUT2D eigenvalue weighted by Crippen LogP contribution is 2.35. The third kappa shape index (κ3) is 2.21. The summed E-state index contributed by atoms with van der Waals surface area (Å²) < 4.78 is 3.56. The summed E-state index contributed by atoms with van der Waals surface area (Å²) in [6, 6.07) is 0. The molecule has 0 saturated carbocycles. The number of aryl methyl sites for hydroxylation is 2. The van der Waals surface area contributed by atoms with Crippen molar-refractivity contribution < 1.29 is 4.79 Å². The van der Waals surface area contributed by atoms with Crippen molar-refractivity contribution in [3.8, 4) is 0 Å². The number of nitrogens with zero attached hydrogens (tertiary/aromatic N) is 6. The smallest absolute Gasteiger partial charge is 0.231 e. The van der Waals surface area contributed by atoms with Gasteiger partial charge in [-0.15, -0.1) is 0 Å². The third-order valence-electron chi connectivity index (χ3n) is 4.68. The summed E-state index contributed by atoms with van der Waals surface area (Å²) >= 11 is 0. The standard InChI is InChI=1S/C15H20N6O/c1-18-5-11(3-16-18)6-20-7-12-8-21(15(22)14(12)10-20)13-4-17-19(2)9-13/h3-5,9,12,14H,6-8,10H2,1-2H3/t12-,14-/m1/s1. The van der Waals surface area contributed by atoms with E-state index in [1.165, 1.54) is 5.56 Å². The van der Waals surface area contributed by atoms with E-state index in [-0.39, 0.29) is 11.8 Å². The van der Waals surface area contributed by atoms with Crippen LogP contribution in [0.1, 0.15) is 5.56 Å². The number of carbonyl (C=O) groups is 1. The first kappa shape index (κ1) is 13.5. The minimum absolute atomic E-state index is 0.122. The quantitative estimate of drug-likeness (QED) is 0.815. The van der Waals surface area contributed by atoms with Crippen molar-refractivity contribution in [2.24, 2.45) is 25.9 Å². The van der Waals surface area contributed by atoms with Crippen molar-refractivity contribution >= 4 is 11.6 Å². The second kappa shape index (κ2) is 4.95. The lowest BCUT2D eigenvalue weighted by molar-refractivity contribution is -0.120. The second-order valence-electron chi connectivity index (χ2n) is 6.40. The topological polar surface area (TPSA) is 59.2 Å². The van der Waals surface area contributed by atoms with Crippen molar-refractivity contribution in [3.63, 3.8) is 0 Å². The Bertz CT molecular complexity index is 704. The Morgan fingerprint density at radius 1 is 1.09 bits per heavy atom. The number of fused-ring (bicyclic) bond motifs is 1. The van der Waals surface area contributed by atoms with E-state index in [4.69, 9.17) is 0 Å². The molecular formula is C15H20N6O. The van der Waals surface area contributed by atoms with Gasteiger partial charge >= 0.3 is 0 Å². The Labute approximate surface area is 129 Å². The van der Waals surface area contributed by atoms with Gasteiger partial charge in [0.05, 0.1) is 24.0 Å². The van der Waals surface area contributed by atoms with E-state index >= 15 is 0 Å². The molecule has 2 fully saturated rings. The first-order valence-corrected chi connectivity index (χ1v) is 7.60. The molecule has 4 rings (SSSR count). The summed E-state index contributed by atoms with van der Waals surface area (Å²) in [7, 11) is 3.80. The van der Waals surface area contributed by atoms with Crippen LogP contribution in [0.4, 0.5) is 5.69 Å². The zero-order chi connectivity index (χ0) is 15.3. The van der Waals surface area contributed by atoms with Gasteiger partial charge in [0.25, 0.3) is 0 Å². The Balaban J connectivity index is 1.43. The van der Waals surface area contributed by atoms with Crippen LogP contribution >= 0.6 is 0 Å². The number of amides is 1. The number of likely N-dealkylation sites (tertiary alicyclic amines) is 1. The normalized spacial score (nSPS) is 25.2. The van der Waals surface area contributed by atoms with Crippen LogP contribution in [0.2, 0.25) is 0 Å². The molecule has 0 aromatic carbocycles. The number of rotatable bonds is 3. The van der Waals surface area contributed by atoms with E-state index in [9.17, 15) is 4.79 Å². The molecule has 116 valence electrons. The zero-order valence-electron chi connectivity index (χ0n) is 12.9. The largest absolute Gasteiger partial charge is 0.309 e.